The van der Waals surface area contributed by atoms with Gasteiger partial charge >= 0.3 is 0 Å². The van der Waals surface area contributed by atoms with E-state index in [9.17, 15) is 0 Å². The van der Waals surface area contributed by atoms with Crippen molar-refractivity contribution in [3.05, 3.63) is 59.2 Å². The van der Waals surface area contributed by atoms with Crippen LogP contribution in [0.1, 0.15) is 30.5 Å². The van der Waals surface area contributed by atoms with Gasteiger partial charge in [0.05, 0.1) is 13.2 Å². The van der Waals surface area contributed by atoms with Crippen LogP contribution < -0.4 is 9.47 Å². The maximum absolute atomic E-state index is 5.64. The van der Waals surface area contributed by atoms with Crippen LogP contribution in [0, 0.1) is 6.92 Å². The molecule has 110 valence electrons. The molecule has 0 heterocycles. The average Bonchev–Trinajstić information content (AvgIpc) is 2.49. The van der Waals surface area contributed by atoms with Gasteiger partial charge in [0.25, 0.3) is 0 Å². The van der Waals surface area contributed by atoms with Crippen LogP contribution in [0.15, 0.2) is 42.5 Å². The summed E-state index contributed by atoms with van der Waals surface area (Å²) in [6.45, 7) is 7.31. The molecule has 0 radical (unpaired) electrons. The largest absolute Gasteiger partial charge is 0.490 e. The van der Waals surface area contributed by atoms with E-state index in [-0.39, 0.29) is 0 Å². The highest BCUT2D eigenvalue weighted by Gasteiger charge is 2.04. The summed E-state index contributed by atoms with van der Waals surface area (Å²) < 4.78 is 11.2. The molecule has 2 rings (SSSR count). The highest BCUT2D eigenvalue weighted by molar-refractivity contribution is 5.71. The van der Waals surface area contributed by atoms with Gasteiger partial charge in [-0.15, -0.1) is 0 Å². The van der Waals surface area contributed by atoms with Crippen LogP contribution in [0.4, 0.5) is 0 Å². The Bertz CT molecular complexity index is 597. The van der Waals surface area contributed by atoms with E-state index in [4.69, 9.17) is 9.47 Å². The number of benzene rings is 2. The van der Waals surface area contributed by atoms with Gasteiger partial charge in [-0.05, 0) is 44.0 Å². The minimum atomic E-state index is 0.630. The quantitative estimate of drug-likeness (QED) is 0.697. The predicted molar refractivity (Wildman–Crippen MR) is 88.9 cm³/mol. The van der Waals surface area contributed by atoms with Crippen LogP contribution in [-0.4, -0.2) is 13.2 Å². The zero-order chi connectivity index (χ0) is 15.1. The molecule has 0 aliphatic rings. The molecule has 2 nitrogen and oxygen atoms in total. The first-order valence-electron chi connectivity index (χ1n) is 7.37. The molecule has 0 aromatic heterocycles. The lowest BCUT2D eigenvalue weighted by Gasteiger charge is -2.11. The highest BCUT2D eigenvalue weighted by atomic mass is 16.5. The summed E-state index contributed by atoms with van der Waals surface area (Å²) in [4.78, 5) is 0. The van der Waals surface area contributed by atoms with Crippen molar-refractivity contribution in [3.8, 4) is 11.5 Å². The van der Waals surface area contributed by atoms with Gasteiger partial charge in [-0.1, -0.05) is 48.0 Å². The standard InChI is InChI=1S/C19H22O2/c1-4-20-18-13-12-17(14-19(18)21-5-2)11-10-16-8-6-15(3)7-9-16/h6-14H,4-5H2,1-3H3/b11-10+. The number of rotatable bonds is 6. The Morgan fingerprint density at radius 3 is 2.00 bits per heavy atom. The molecule has 0 aliphatic carbocycles. The predicted octanol–water partition coefficient (Wildman–Crippen LogP) is 4.96. The fourth-order valence-corrected chi connectivity index (χ4v) is 2.04. The number of ether oxygens (including phenoxy) is 2. The van der Waals surface area contributed by atoms with Crippen molar-refractivity contribution in [2.75, 3.05) is 13.2 Å². The van der Waals surface area contributed by atoms with E-state index in [1.807, 2.05) is 32.0 Å². The molecule has 2 aromatic rings. The van der Waals surface area contributed by atoms with E-state index in [1.54, 1.807) is 0 Å². The van der Waals surface area contributed by atoms with Gasteiger partial charge in [-0.3, -0.25) is 0 Å². The molecule has 2 heteroatoms. The molecule has 0 fully saturated rings. The van der Waals surface area contributed by atoms with Crippen molar-refractivity contribution in [1.82, 2.24) is 0 Å². The smallest absolute Gasteiger partial charge is 0.161 e. The van der Waals surface area contributed by atoms with Crippen LogP contribution in [0.25, 0.3) is 12.2 Å². The summed E-state index contributed by atoms with van der Waals surface area (Å²) in [5.41, 5.74) is 3.56. The normalized spacial score (nSPS) is 10.8. The molecule has 21 heavy (non-hydrogen) atoms. The summed E-state index contributed by atoms with van der Waals surface area (Å²) in [7, 11) is 0. The van der Waals surface area contributed by atoms with E-state index < -0.39 is 0 Å². The zero-order valence-corrected chi connectivity index (χ0v) is 12.9. The van der Waals surface area contributed by atoms with Gasteiger partial charge in [0.2, 0.25) is 0 Å². The second kappa shape index (κ2) is 7.53. The second-order valence-corrected chi connectivity index (χ2v) is 4.82. The molecular weight excluding hydrogens is 260 g/mol. The van der Waals surface area contributed by atoms with Crippen LogP contribution in [0.5, 0.6) is 11.5 Å². The van der Waals surface area contributed by atoms with Crippen LogP contribution >= 0.6 is 0 Å². The van der Waals surface area contributed by atoms with Crippen molar-refractivity contribution in [3.63, 3.8) is 0 Å². The lowest BCUT2D eigenvalue weighted by atomic mass is 10.1. The first kappa shape index (κ1) is 15.2. The van der Waals surface area contributed by atoms with Gasteiger partial charge in [-0.25, -0.2) is 0 Å². The lowest BCUT2D eigenvalue weighted by molar-refractivity contribution is 0.287. The third kappa shape index (κ3) is 4.38. The first-order chi connectivity index (χ1) is 10.2. The van der Waals surface area contributed by atoms with E-state index in [2.05, 4.69) is 43.3 Å². The summed E-state index contributed by atoms with van der Waals surface area (Å²) in [6.07, 6.45) is 4.19. The summed E-state index contributed by atoms with van der Waals surface area (Å²) >= 11 is 0. The Hall–Kier alpha value is -2.22. The van der Waals surface area contributed by atoms with E-state index in [0.717, 1.165) is 17.1 Å². The fraction of sp³-hybridized carbons (Fsp3) is 0.263. The third-order valence-electron chi connectivity index (χ3n) is 3.11. The van der Waals surface area contributed by atoms with Crippen molar-refractivity contribution >= 4 is 12.2 Å². The Morgan fingerprint density at radius 1 is 0.762 bits per heavy atom. The first-order valence-corrected chi connectivity index (χ1v) is 7.37. The lowest BCUT2D eigenvalue weighted by Crippen LogP contribution is -1.98. The van der Waals surface area contributed by atoms with Gasteiger partial charge in [-0.2, -0.15) is 0 Å². The molecule has 0 unspecified atom stereocenters. The molecule has 0 atom stereocenters. The van der Waals surface area contributed by atoms with Crippen LogP contribution in [-0.2, 0) is 0 Å². The molecule has 0 aliphatic heterocycles. The number of hydrogen-bond donors (Lipinski definition) is 0. The van der Waals surface area contributed by atoms with Crippen LogP contribution in [0.2, 0.25) is 0 Å². The summed E-state index contributed by atoms with van der Waals surface area (Å²) in [5, 5.41) is 0. The minimum absolute atomic E-state index is 0.630. The van der Waals surface area contributed by atoms with Crippen molar-refractivity contribution in [2.45, 2.75) is 20.8 Å². The molecule has 0 saturated heterocycles. The van der Waals surface area contributed by atoms with Gasteiger partial charge in [0.15, 0.2) is 11.5 Å². The average molecular weight is 282 g/mol. The molecule has 2 aromatic carbocycles. The summed E-state index contributed by atoms with van der Waals surface area (Å²) in [5.74, 6) is 1.59. The van der Waals surface area contributed by atoms with Crippen molar-refractivity contribution < 1.29 is 9.47 Å². The van der Waals surface area contributed by atoms with Gasteiger partial charge in [0.1, 0.15) is 0 Å². The Balaban J connectivity index is 2.19. The minimum Gasteiger partial charge on any atom is -0.490 e. The maximum atomic E-state index is 5.64. The van der Waals surface area contributed by atoms with Crippen molar-refractivity contribution in [1.29, 1.82) is 0 Å². The molecule has 0 amide bonds. The number of aryl methyl sites for hydroxylation is 1. The Morgan fingerprint density at radius 2 is 1.33 bits per heavy atom. The molecule has 0 saturated carbocycles. The van der Waals surface area contributed by atoms with E-state index in [1.165, 1.54) is 11.1 Å². The topological polar surface area (TPSA) is 18.5 Å². The SMILES string of the molecule is CCOc1ccc(/C=C/c2ccc(C)cc2)cc1OCC. The van der Waals surface area contributed by atoms with Gasteiger partial charge in [0, 0.05) is 0 Å². The zero-order valence-electron chi connectivity index (χ0n) is 12.9. The fourth-order valence-electron chi connectivity index (χ4n) is 2.04. The van der Waals surface area contributed by atoms with Crippen molar-refractivity contribution in [2.24, 2.45) is 0 Å². The Labute approximate surface area is 127 Å². The molecule has 0 spiro atoms. The van der Waals surface area contributed by atoms with Gasteiger partial charge < -0.3 is 9.47 Å². The monoisotopic (exact) mass is 282 g/mol. The number of hydrogen-bond acceptors (Lipinski definition) is 2. The Kier molecular flexibility index (Phi) is 5.44. The molecular formula is C19H22O2. The molecule has 0 bridgehead atoms. The third-order valence-corrected chi connectivity index (χ3v) is 3.11. The van der Waals surface area contributed by atoms with E-state index >= 15 is 0 Å². The van der Waals surface area contributed by atoms with Crippen LogP contribution in [0.3, 0.4) is 0 Å². The molecule has 0 N–H and O–H groups in total. The maximum Gasteiger partial charge on any atom is 0.161 e. The summed E-state index contributed by atoms with van der Waals surface area (Å²) in [6, 6.07) is 14.5. The second-order valence-electron chi connectivity index (χ2n) is 4.82. The highest BCUT2D eigenvalue weighted by Crippen LogP contribution is 2.29. The van der Waals surface area contributed by atoms with E-state index in [0.29, 0.717) is 13.2 Å².